The van der Waals surface area contributed by atoms with Gasteiger partial charge in [-0.25, -0.2) is 0 Å². The lowest BCUT2D eigenvalue weighted by molar-refractivity contribution is -0.124. The monoisotopic (exact) mass is 295 g/mol. The molecule has 1 saturated heterocycles. The summed E-state index contributed by atoms with van der Waals surface area (Å²) in [6.07, 6.45) is 2.46. The van der Waals surface area contributed by atoms with Gasteiger partial charge in [0.2, 0.25) is 0 Å². The van der Waals surface area contributed by atoms with E-state index >= 15 is 0 Å². The summed E-state index contributed by atoms with van der Waals surface area (Å²) >= 11 is 6.88. The van der Waals surface area contributed by atoms with Crippen LogP contribution in [0.25, 0.3) is 6.08 Å². The summed E-state index contributed by atoms with van der Waals surface area (Å²) in [4.78, 5) is 25.8. The number of rotatable bonds is 3. The van der Waals surface area contributed by atoms with Crippen LogP contribution in [0.1, 0.15) is 25.8 Å². The lowest BCUT2D eigenvalue weighted by Crippen LogP contribution is -2.36. The Morgan fingerprint density at radius 3 is 2.79 bits per heavy atom. The van der Waals surface area contributed by atoms with Crippen molar-refractivity contribution in [2.24, 2.45) is 0 Å². The SMILES string of the molecule is CCC(C)N1C(=O)SC(=Cc2cccc(Cl)c2)C1=O. The first-order chi connectivity index (χ1) is 9.02. The Balaban J connectivity index is 2.28. The molecule has 0 N–H and O–H groups in total. The number of benzene rings is 1. The first kappa shape index (κ1) is 14.2. The predicted octanol–water partition coefficient (Wildman–Crippen LogP) is 4.17. The predicted molar refractivity (Wildman–Crippen MR) is 79.0 cm³/mol. The number of thioether (sulfide) groups is 1. The maximum atomic E-state index is 12.2. The number of carbonyl (C=O) groups is 2. The Hall–Kier alpha value is -1.26. The van der Waals surface area contributed by atoms with Crippen LogP contribution < -0.4 is 0 Å². The molecule has 2 rings (SSSR count). The van der Waals surface area contributed by atoms with Gasteiger partial charge in [0.05, 0.1) is 4.91 Å². The number of hydrogen-bond donors (Lipinski definition) is 0. The average Bonchev–Trinajstić information content (AvgIpc) is 2.64. The number of amides is 2. The summed E-state index contributed by atoms with van der Waals surface area (Å²) in [6.45, 7) is 3.83. The molecule has 1 aromatic carbocycles. The molecule has 2 amide bonds. The average molecular weight is 296 g/mol. The molecule has 19 heavy (non-hydrogen) atoms. The second-order valence-electron chi connectivity index (χ2n) is 4.36. The molecular formula is C14H14ClNO2S. The fourth-order valence-corrected chi connectivity index (χ4v) is 2.92. The Labute approximate surface area is 121 Å². The van der Waals surface area contributed by atoms with Crippen LogP contribution in [0.4, 0.5) is 4.79 Å². The van der Waals surface area contributed by atoms with Gasteiger partial charge >= 0.3 is 0 Å². The van der Waals surface area contributed by atoms with E-state index in [0.29, 0.717) is 9.93 Å². The van der Waals surface area contributed by atoms with Crippen molar-refractivity contribution in [3.8, 4) is 0 Å². The molecule has 0 saturated carbocycles. The Kier molecular flexibility index (Phi) is 4.32. The van der Waals surface area contributed by atoms with Gasteiger partial charge < -0.3 is 0 Å². The molecule has 0 spiro atoms. The summed E-state index contributed by atoms with van der Waals surface area (Å²) in [7, 11) is 0. The third-order valence-corrected chi connectivity index (χ3v) is 4.12. The van der Waals surface area contributed by atoms with Crippen molar-refractivity contribution in [3.63, 3.8) is 0 Å². The van der Waals surface area contributed by atoms with E-state index in [4.69, 9.17) is 11.6 Å². The van der Waals surface area contributed by atoms with Gasteiger partial charge in [0.1, 0.15) is 0 Å². The highest BCUT2D eigenvalue weighted by atomic mass is 35.5. The molecular weight excluding hydrogens is 282 g/mol. The Morgan fingerprint density at radius 1 is 1.42 bits per heavy atom. The van der Waals surface area contributed by atoms with Crippen LogP contribution in [0.2, 0.25) is 5.02 Å². The van der Waals surface area contributed by atoms with E-state index in [1.54, 1.807) is 18.2 Å². The lowest BCUT2D eigenvalue weighted by Gasteiger charge is -2.19. The summed E-state index contributed by atoms with van der Waals surface area (Å²) in [5.41, 5.74) is 0.821. The number of imide groups is 1. The van der Waals surface area contributed by atoms with Gasteiger partial charge in [-0.3, -0.25) is 14.5 Å². The normalized spacial score (nSPS) is 19.3. The van der Waals surface area contributed by atoms with Crippen molar-refractivity contribution in [2.45, 2.75) is 26.3 Å². The molecule has 1 aliphatic rings. The molecule has 1 aromatic rings. The summed E-state index contributed by atoms with van der Waals surface area (Å²) in [6, 6.07) is 7.12. The van der Waals surface area contributed by atoms with Crippen LogP contribution >= 0.6 is 23.4 Å². The van der Waals surface area contributed by atoms with Gasteiger partial charge in [-0.15, -0.1) is 0 Å². The van der Waals surface area contributed by atoms with Crippen molar-refractivity contribution in [1.82, 2.24) is 4.90 Å². The molecule has 1 unspecified atom stereocenters. The van der Waals surface area contributed by atoms with Gasteiger partial charge in [0, 0.05) is 11.1 Å². The van der Waals surface area contributed by atoms with Crippen LogP contribution in [0.5, 0.6) is 0 Å². The molecule has 3 nitrogen and oxygen atoms in total. The largest absolute Gasteiger partial charge is 0.293 e. The van der Waals surface area contributed by atoms with Crippen molar-refractivity contribution in [2.75, 3.05) is 0 Å². The number of nitrogens with zero attached hydrogens (tertiary/aromatic N) is 1. The second-order valence-corrected chi connectivity index (χ2v) is 5.79. The minimum absolute atomic E-state index is 0.0715. The highest BCUT2D eigenvalue weighted by Gasteiger charge is 2.37. The number of hydrogen-bond acceptors (Lipinski definition) is 3. The van der Waals surface area contributed by atoms with Crippen LogP contribution in [0, 0.1) is 0 Å². The van der Waals surface area contributed by atoms with E-state index in [0.717, 1.165) is 23.7 Å². The number of halogens is 1. The molecule has 0 aliphatic carbocycles. The highest BCUT2D eigenvalue weighted by Crippen LogP contribution is 2.34. The van der Waals surface area contributed by atoms with Gasteiger partial charge in [-0.2, -0.15) is 0 Å². The molecule has 1 fully saturated rings. The van der Waals surface area contributed by atoms with E-state index in [-0.39, 0.29) is 17.2 Å². The van der Waals surface area contributed by atoms with E-state index in [9.17, 15) is 9.59 Å². The lowest BCUT2D eigenvalue weighted by atomic mass is 10.2. The maximum absolute atomic E-state index is 12.2. The summed E-state index contributed by atoms with van der Waals surface area (Å²) in [5.74, 6) is -0.218. The van der Waals surface area contributed by atoms with Crippen LogP contribution in [-0.2, 0) is 4.79 Å². The minimum Gasteiger partial charge on any atom is -0.268 e. The Morgan fingerprint density at radius 2 is 2.16 bits per heavy atom. The molecule has 1 heterocycles. The van der Waals surface area contributed by atoms with Gasteiger partial charge in [-0.1, -0.05) is 30.7 Å². The van der Waals surface area contributed by atoms with Crippen molar-refractivity contribution < 1.29 is 9.59 Å². The second kappa shape index (κ2) is 5.80. The zero-order chi connectivity index (χ0) is 14.0. The maximum Gasteiger partial charge on any atom is 0.293 e. The number of carbonyl (C=O) groups excluding carboxylic acids is 2. The summed E-state index contributed by atoms with van der Waals surface area (Å²) < 4.78 is 0. The van der Waals surface area contributed by atoms with E-state index in [2.05, 4.69) is 0 Å². The molecule has 1 atom stereocenters. The van der Waals surface area contributed by atoms with E-state index < -0.39 is 0 Å². The quantitative estimate of drug-likeness (QED) is 0.785. The molecule has 0 radical (unpaired) electrons. The van der Waals surface area contributed by atoms with Crippen LogP contribution in [-0.4, -0.2) is 22.1 Å². The molecule has 0 aromatic heterocycles. The summed E-state index contributed by atoms with van der Waals surface area (Å²) in [5, 5.41) is 0.405. The highest BCUT2D eigenvalue weighted by molar-refractivity contribution is 8.18. The first-order valence-corrected chi connectivity index (χ1v) is 7.25. The third-order valence-electron chi connectivity index (χ3n) is 3.00. The third kappa shape index (κ3) is 3.01. The molecule has 5 heteroatoms. The van der Waals surface area contributed by atoms with Gasteiger partial charge in [-0.05, 0) is 48.9 Å². The molecule has 100 valence electrons. The zero-order valence-electron chi connectivity index (χ0n) is 10.7. The first-order valence-electron chi connectivity index (χ1n) is 6.05. The topological polar surface area (TPSA) is 37.4 Å². The zero-order valence-corrected chi connectivity index (χ0v) is 12.3. The minimum atomic E-state index is -0.218. The fraction of sp³-hybridized carbons (Fsp3) is 0.286. The Bertz CT molecular complexity index is 556. The smallest absolute Gasteiger partial charge is 0.268 e. The van der Waals surface area contributed by atoms with Crippen LogP contribution in [0.3, 0.4) is 0 Å². The van der Waals surface area contributed by atoms with E-state index in [1.165, 1.54) is 4.90 Å². The van der Waals surface area contributed by atoms with Gasteiger partial charge in [0.25, 0.3) is 11.1 Å². The van der Waals surface area contributed by atoms with Crippen molar-refractivity contribution in [1.29, 1.82) is 0 Å². The standard InChI is InChI=1S/C14H14ClNO2S/c1-3-9(2)16-13(17)12(19-14(16)18)8-10-5-4-6-11(15)7-10/h4-9H,3H2,1-2H3. The van der Waals surface area contributed by atoms with Crippen molar-refractivity contribution in [3.05, 3.63) is 39.8 Å². The fourth-order valence-electron chi connectivity index (χ4n) is 1.79. The molecule has 0 bridgehead atoms. The van der Waals surface area contributed by atoms with E-state index in [1.807, 2.05) is 26.0 Å². The van der Waals surface area contributed by atoms with Gasteiger partial charge in [0.15, 0.2) is 0 Å². The van der Waals surface area contributed by atoms with Crippen molar-refractivity contribution >= 4 is 40.6 Å². The molecule has 1 aliphatic heterocycles. The van der Waals surface area contributed by atoms with Crippen LogP contribution in [0.15, 0.2) is 29.2 Å².